The van der Waals surface area contributed by atoms with Crippen LogP contribution >= 0.6 is 0 Å². The summed E-state index contributed by atoms with van der Waals surface area (Å²) in [5.41, 5.74) is 9.66. The highest BCUT2D eigenvalue weighted by Crippen LogP contribution is 2.52. The van der Waals surface area contributed by atoms with Crippen molar-refractivity contribution in [2.24, 2.45) is 11.8 Å². The summed E-state index contributed by atoms with van der Waals surface area (Å²) in [7, 11) is 0. The molecule has 0 saturated heterocycles. The van der Waals surface area contributed by atoms with Crippen LogP contribution in [-0.2, 0) is 10.8 Å². The quantitative estimate of drug-likeness (QED) is 0.188. The lowest BCUT2D eigenvalue weighted by molar-refractivity contribution is 0.295. The number of nitrogens with zero attached hydrogens (tertiary/aromatic N) is 4. The third-order valence-electron chi connectivity index (χ3n) is 10.8. The van der Waals surface area contributed by atoms with E-state index in [0.717, 1.165) is 46.1 Å². The Labute approximate surface area is 273 Å². The van der Waals surface area contributed by atoms with Crippen LogP contribution in [0.3, 0.4) is 0 Å². The molecule has 0 radical (unpaired) electrons. The van der Waals surface area contributed by atoms with Crippen LogP contribution in [0.4, 0.5) is 0 Å². The second kappa shape index (κ2) is 11.6. The number of aromatic nitrogens is 3. The van der Waals surface area contributed by atoms with Gasteiger partial charge in [0.05, 0.1) is 11.6 Å². The highest BCUT2D eigenvalue weighted by Gasteiger charge is 2.39. The van der Waals surface area contributed by atoms with E-state index >= 15 is 0 Å². The lowest BCUT2D eigenvalue weighted by Gasteiger charge is -2.35. The molecule has 1 fully saturated rings. The van der Waals surface area contributed by atoms with Gasteiger partial charge in [0.25, 0.3) is 0 Å². The van der Waals surface area contributed by atoms with E-state index in [0.29, 0.717) is 23.0 Å². The van der Waals surface area contributed by atoms with Gasteiger partial charge in [-0.05, 0) is 76.5 Å². The molecular formula is C42H42N4. The Morgan fingerprint density at radius 3 is 1.93 bits per heavy atom. The van der Waals surface area contributed by atoms with Gasteiger partial charge in [0.15, 0.2) is 17.5 Å². The molecule has 4 heteroatoms. The Hall–Kier alpha value is -4.62. The lowest BCUT2D eigenvalue weighted by Crippen LogP contribution is -2.28. The summed E-state index contributed by atoms with van der Waals surface area (Å²) in [4.78, 5) is 15.3. The zero-order valence-corrected chi connectivity index (χ0v) is 27.6. The highest BCUT2D eigenvalue weighted by atomic mass is 15.0. The molecule has 46 heavy (non-hydrogen) atoms. The van der Waals surface area contributed by atoms with Crippen molar-refractivity contribution in [3.05, 3.63) is 113 Å². The van der Waals surface area contributed by atoms with Crippen molar-refractivity contribution in [1.29, 1.82) is 5.26 Å². The zero-order chi connectivity index (χ0) is 32.1. The number of nitriles is 1. The topological polar surface area (TPSA) is 62.5 Å². The third-order valence-corrected chi connectivity index (χ3v) is 10.8. The number of fused-ring (bicyclic) bond motifs is 3. The van der Waals surface area contributed by atoms with Crippen LogP contribution in [0.1, 0.15) is 89.0 Å². The Morgan fingerprint density at radius 2 is 1.30 bits per heavy atom. The predicted octanol–water partition coefficient (Wildman–Crippen LogP) is 10.5. The van der Waals surface area contributed by atoms with Gasteiger partial charge < -0.3 is 0 Å². The lowest BCUT2D eigenvalue weighted by atomic mass is 9.69. The molecule has 1 unspecified atom stereocenters. The average molecular weight is 603 g/mol. The molecule has 1 aromatic heterocycles. The molecule has 7 rings (SSSR count). The van der Waals surface area contributed by atoms with E-state index in [9.17, 15) is 5.26 Å². The van der Waals surface area contributed by atoms with Gasteiger partial charge in [-0.25, -0.2) is 15.0 Å². The summed E-state index contributed by atoms with van der Waals surface area (Å²) in [6.07, 6.45) is 6.29. The first-order valence-corrected chi connectivity index (χ1v) is 16.8. The van der Waals surface area contributed by atoms with Crippen LogP contribution < -0.4 is 0 Å². The van der Waals surface area contributed by atoms with Crippen molar-refractivity contribution >= 4 is 0 Å². The second-order valence-electron chi connectivity index (χ2n) is 14.3. The summed E-state index contributed by atoms with van der Waals surface area (Å²) < 4.78 is 0. The second-order valence-corrected chi connectivity index (χ2v) is 14.3. The smallest absolute Gasteiger partial charge is 0.164 e. The fourth-order valence-electron chi connectivity index (χ4n) is 8.39. The van der Waals surface area contributed by atoms with Crippen molar-refractivity contribution in [3.8, 4) is 51.4 Å². The van der Waals surface area contributed by atoms with Gasteiger partial charge in [0.2, 0.25) is 0 Å². The van der Waals surface area contributed by atoms with Gasteiger partial charge in [0.1, 0.15) is 0 Å². The van der Waals surface area contributed by atoms with Crippen LogP contribution in [0.2, 0.25) is 0 Å². The van der Waals surface area contributed by atoms with Crippen LogP contribution in [-0.4, -0.2) is 15.0 Å². The molecule has 0 bridgehead atoms. The molecule has 0 spiro atoms. The molecule has 230 valence electrons. The van der Waals surface area contributed by atoms with Gasteiger partial charge >= 0.3 is 0 Å². The largest absolute Gasteiger partial charge is 0.208 e. The standard InChI is InChI=1S/C42H42N4/c1-6-42(24-27(2)15-16-28(3)25-42)32-20-18-31(19-21-32)39-44-38(30-11-8-7-9-12-30)45-40(46-39)34-14-10-13-33-35-23-29(26-43)17-22-36(35)41(4,5)37(33)34/h7-14,17-23,27-28H,6,15-16,24-25H2,1-5H3/t27-,28+,42?. The maximum atomic E-state index is 9.64. The van der Waals surface area contributed by atoms with Gasteiger partial charge in [-0.3, -0.25) is 0 Å². The highest BCUT2D eigenvalue weighted by molar-refractivity contribution is 5.87. The van der Waals surface area contributed by atoms with Crippen molar-refractivity contribution in [2.45, 2.75) is 77.6 Å². The Balaban J connectivity index is 1.36. The van der Waals surface area contributed by atoms with E-state index in [4.69, 9.17) is 15.0 Å². The molecule has 5 aromatic rings. The summed E-state index contributed by atoms with van der Waals surface area (Å²) in [6.45, 7) is 11.7. The van der Waals surface area contributed by atoms with Crippen LogP contribution in [0.15, 0.2) is 91.0 Å². The first-order chi connectivity index (χ1) is 22.2. The SMILES string of the molecule is CCC1(c2ccc(-c3nc(-c4ccccc4)nc(-c4cccc5c4C(C)(C)c4ccc(C#N)cc4-5)n3)cc2)C[C@H](C)CC[C@H](C)C1. The first kappa shape index (κ1) is 30.1. The minimum atomic E-state index is -0.280. The van der Waals surface area contributed by atoms with E-state index in [1.807, 2.05) is 30.3 Å². The Morgan fingerprint density at radius 1 is 0.696 bits per heavy atom. The molecule has 4 nitrogen and oxygen atoms in total. The summed E-state index contributed by atoms with van der Waals surface area (Å²) >= 11 is 0. The number of hydrogen-bond donors (Lipinski definition) is 0. The maximum Gasteiger partial charge on any atom is 0.164 e. The summed E-state index contributed by atoms with van der Waals surface area (Å²) in [5, 5.41) is 9.64. The van der Waals surface area contributed by atoms with E-state index < -0.39 is 0 Å². The predicted molar refractivity (Wildman–Crippen MR) is 187 cm³/mol. The molecule has 0 N–H and O–H groups in total. The van der Waals surface area contributed by atoms with Gasteiger partial charge in [-0.1, -0.05) is 126 Å². The average Bonchev–Trinajstić information content (AvgIpc) is 3.21. The van der Waals surface area contributed by atoms with E-state index in [1.165, 1.54) is 42.4 Å². The van der Waals surface area contributed by atoms with Crippen molar-refractivity contribution in [2.75, 3.05) is 0 Å². The van der Waals surface area contributed by atoms with Crippen LogP contribution in [0, 0.1) is 23.2 Å². The fraction of sp³-hybridized carbons (Fsp3) is 0.333. The van der Waals surface area contributed by atoms with E-state index in [-0.39, 0.29) is 10.8 Å². The van der Waals surface area contributed by atoms with Crippen LogP contribution in [0.5, 0.6) is 0 Å². The minimum absolute atomic E-state index is 0.212. The fourth-order valence-corrected chi connectivity index (χ4v) is 8.39. The Bertz CT molecular complexity index is 1940. The number of benzene rings is 4. The van der Waals surface area contributed by atoms with Gasteiger partial charge in [-0.15, -0.1) is 0 Å². The van der Waals surface area contributed by atoms with Crippen molar-refractivity contribution in [3.63, 3.8) is 0 Å². The zero-order valence-electron chi connectivity index (χ0n) is 27.6. The molecule has 0 aliphatic heterocycles. The van der Waals surface area contributed by atoms with E-state index in [2.05, 4.69) is 101 Å². The van der Waals surface area contributed by atoms with E-state index in [1.54, 1.807) is 0 Å². The maximum absolute atomic E-state index is 9.64. The van der Waals surface area contributed by atoms with Crippen LogP contribution in [0.25, 0.3) is 45.3 Å². The van der Waals surface area contributed by atoms with Gasteiger partial charge in [-0.2, -0.15) is 5.26 Å². The molecule has 1 heterocycles. The monoisotopic (exact) mass is 602 g/mol. The number of rotatable bonds is 5. The van der Waals surface area contributed by atoms with Crippen molar-refractivity contribution in [1.82, 2.24) is 15.0 Å². The molecule has 2 aliphatic carbocycles. The third kappa shape index (κ3) is 5.13. The molecule has 4 aromatic carbocycles. The number of hydrogen-bond acceptors (Lipinski definition) is 4. The molecule has 2 aliphatic rings. The molecular weight excluding hydrogens is 560 g/mol. The Kier molecular flexibility index (Phi) is 7.60. The summed E-state index contributed by atoms with van der Waals surface area (Å²) in [5.74, 6) is 3.49. The molecule has 0 amide bonds. The normalized spacial score (nSPS) is 21.6. The summed E-state index contributed by atoms with van der Waals surface area (Å²) in [6, 6.07) is 34.0. The molecule has 3 atom stereocenters. The van der Waals surface area contributed by atoms with Crippen molar-refractivity contribution < 1.29 is 0 Å². The van der Waals surface area contributed by atoms with Gasteiger partial charge in [0, 0.05) is 22.1 Å². The minimum Gasteiger partial charge on any atom is -0.208 e. The first-order valence-electron chi connectivity index (χ1n) is 16.8. The molecule has 1 saturated carbocycles.